The van der Waals surface area contributed by atoms with E-state index >= 15 is 0 Å². The van der Waals surface area contributed by atoms with Crippen molar-refractivity contribution in [3.63, 3.8) is 0 Å². The summed E-state index contributed by atoms with van der Waals surface area (Å²) in [5.74, 6) is 2.19. The zero-order chi connectivity index (χ0) is 18.5. The fourth-order valence-corrected chi connectivity index (χ4v) is 2.75. The number of ether oxygens (including phenoxy) is 2. The molecular formula is C20H18ClN3O2. The summed E-state index contributed by atoms with van der Waals surface area (Å²) >= 11 is 6.12. The Balaban J connectivity index is 1.63. The molecule has 0 amide bonds. The summed E-state index contributed by atoms with van der Waals surface area (Å²) in [7, 11) is 0. The lowest BCUT2D eigenvalue weighted by molar-refractivity contribution is 0.143. The highest BCUT2D eigenvalue weighted by molar-refractivity contribution is 6.32. The monoisotopic (exact) mass is 367 g/mol. The average molecular weight is 368 g/mol. The molecular weight excluding hydrogens is 350 g/mol. The summed E-state index contributed by atoms with van der Waals surface area (Å²) in [6.07, 6.45) is 3.50. The fraction of sp³-hybridized carbons (Fsp3) is 0.200. The van der Waals surface area contributed by atoms with E-state index in [1.165, 1.54) is 0 Å². The van der Waals surface area contributed by atoms with Crippen molar-refractivity contribution in [2.75, 3.05) is 6.61 Å². The van der Waals surface area contributed by atoms with Gasteiger partial charge in [-0.25, -0.2) is 4.98 Å². The summed E-state index contributed by atoms with van der Waals surface area (Å²) in [5, 5.41) is 9.28. The standard InChI is InChI=1S/C20H18ClN3O2/c1-14(13-25-20-7-6-16(12-22)10-19(20)21)26-18-5-3-4-17(11-18)24-9-8-23-15(24)2/h3-11,14H,13H2,1-2H3/t14-/m0/s1. The van der Waals surface area contributed by atoms with Crippen molar-refractivity contribution in [3.05, 3.63) is 71.3 Å². The Bertz CT molecular complexity index is 946. The van der Waals surface area contributed by atoms with E-state index in [4.69, 9.17) is 26.3 Å². The molecule has 5 nitrogen and oxygen atoms in total. The van der Waals surface area contributed by atoms with Gasteiger partial charge in [0.05, 0.1) is 22.3 Å². The highest BCUT2D eigenvalue weighted by Gasteiger charge is 2.09. The van der Waals surface area contributed by atoms with Crippen molar-refractivity contribution in [1.29, 1.82) is 5.26 Å². The molecule has 3 aromatic rings. The van der Waals surface area contributed by atoms with Crippen LogP contribution in [-0.2, 0) is 0 Å². The topological polar surface area (TPSA) is 60.1 Å². The Hall–Kier alpha value is -2.97. The highest BCUT2D eigenvalue weighted by Crippen LogP contribution is 2.26. The molecule has 26 heavy (non-hydrogen) atoms. The van der Waals surface area contributed by atoms with Gasteiger partial charge in [0, 0.05) is 18.5 Å². The molecule has 1 aromatic heterocycles. The molecule has 0 fully saturated rings. The smallest absolute Gasteiger partial charge is 0.138 e. The number of hydrogen-bond acceptors (Lipinski definition) is 4. The third-order valence-corrected chi connectivity index (χ3v) is 4.09. The Morgan fingerprint density at radius 2 is 2.12 bits per heavy atom. The second-order valence-corrected chi connectivity index (χ2v) is 6.25. The molecule has 1 heterocycles. The second kappa shape index (κ2) is 7.94. The van der Waals surface area contributed by atoms with Gasteiger partial charge in [-0.15, -0.1) is 0 Å². The van der Waals surface area contributed by atoms with Crippen LogP contribution in [0.25, 0.3) is 5.69 Å². The summed E-state index contributed by atoms with van der Waals surface area (Å²) in [4.78, 5) is 4.24. The van der Waals surface area contributed by atoms with E-state index in [-0.39, 0.29) is 6.10 Å². The largest absolute Gasteiger partial charge is 0.488 e. The SMILES string of the molecule is Cc1nccn1-c1cccc(O[C@@H](C)COc2ccc(C#N)cc2Cl)c1. The van der Waals surface area contributed by atoms with Crippen LogP contribution >= 0.6 is 11.6 Å². The van der Waals surface area contributed by atoms with Gasteiger partial charge in [-0.2, -0.15) is 5.26 Å². The Morgan fingerprint density at radius 1 is 1.27 bits per heavy atom. The van der Waals surface area contributed by atoms with Crippen LogP contribution in [-0.4, -0.2) is 22.3 Å². The van der Waals surface area contributed by atoms with Crippen LogP contribution in [0.5, 0.6) is 11.5 Å². The van der Waals surface area contributed by atoms with Crippen LogP contribution in [0, 0.1) is 18.3 Å². The van der Waals surface area contributed by atoms with Gasteiger partial charge in [0.2, 0.25) is 0 Å². The third kappa shape index (κ3) is 4.16. The minimum absolute atomic E-state index is 0.180. The average Bonchev–Trinajstić information content (AvgIpc) is 3.07. The fourth-order valence-electron chi connectivity index (χ4n) is 2.52. The number of halogens is 1. The quantitative estimate of drug-likeness (QED) is 0.641. The van der Waals surface area contributed by atoms with E-state index < -0.39 is 0 Å². The first-order chi connectivity index (χ1) is 12.6. The normalized spacial score (nSPS) is 11.6. The van der Waals surface area contributed by atoms with Gasteiger partial charge in [-0.05, 0) is 44.2 Å². The zero-order valence-electron chi connectivity index (χ0n) is 14.5. The first-order valence-corrected chi connectivity index (χ1v) is 8.54. The van der Waals surface area contributed by atoms with E-state index in [9.17, 15) is 0 Å². The van der Waals surface area contributed by atoms with Crippen LogP contribution in [0.1, 0.15) is 18.3 Å². The maximum Gasteiger partial charge on any atom is 0.138 e. The Morgan fingerprint density at radius 3 is 2.81 bits per heavy atom. The van der Waals surface area contributed by atoms with Gasteiger partial charge in [0.25, 0.3) is 0 Å². The van der Waals surface area contributed by atoms with Crippen molar-refractivity contribution >= 4 is 11.6 Å². The van der Waals surface area contributed by atoms with Crippen molar-refractivity contribution in [1.82, 2.24) is 9.55 Å². The maximum absolute atomic E-state index is 8.87. The van der Waals surface area contributed by atoms with Crippen molar-refractivity contribution in [2.24, 2.45) is 0 Å². The molecule has 132 valence electrons. The molecule has 0 aliphatic rings. The van der Waals surface area contributed by atoms with Gasteiger partial charge in [-0.1, -0.05) is 17.7 Å². The molecule has 6 heteroatoms. The van der Waals surface area contributed by atoms with E-state index in [1.807, 2.05) is 54.9 Å². The molecule has 3 rings (SSSR count). The molecule has 0 spiro atoms. The first kappa shape index (κ1) is 17.8. The van der Waals surface area contributed by atoms with Gasteiger partial charge in [-0.3, -0.25) is 0 Å². The molecule has 2 aromatic carbocycles. The van der Waals surface area contributed by atoms with E-state index in [2.05, 4.69) is 4.98 Å². The van der Waals surface area contributed by atoms with Crippen LogP contribution in [0.3, 0.4) is 0 Å². The van der Waals surface area contributed by atoms with Crippen LogP contribution < -0.4 is 9.47 Å². The zero-order valence-corrected chi connectivity index (χ0v) is 15.3. The number of aromatic nitrogens is 2. The van der Waals surface area contributed by atoms with Crippen LogP contribution in [0.4, 0.5) is 0 Å². The number of benzene rings is 2. The molecule has 0 aliphatic heterocycles. The van der Waals surface area contributed by atoms with E-state index in [0.29, 0.717) is 22.9 Å². The van der Waals surface area contributed by atoms with Gasteiger partial charge in [0.15, 0.2) is 0 Å². The molecule has 0 aliphatic carbocycles. The van der Waals surface area contributed by atoms with Crippen molar-refractivity contribution < 1.29 is 9.47 Å². The highest BCUT2D eigenvalue weighted by atomic mass is 35.5. The Labute approximate surface area is 157 Å². The molecule has 0 saturated carbocycles. The summed E-state index contributed by atoms with van der Waals surface area (Å²) in [6, 6.07) is 14.8. The molecule has 0 unspecified atom stereocenters. The number of hydrogen-bond donors (Lipinski definition) is 0. The summed E-state index contributed by atoms with van der Waals surface area (Å²) < 4.78 is 13.6. The van der Waals surface area contributed by atoms with Crippen molar-refractivity contribution in [2.45, 2.75) is 20.0 Å². The lowest BCUT2D eigenvalue weighted by Gasteiger charge is -2.17. The predicted molar refractivity (Wildman–Crippen MR) is 100 cm³/mol. The molecule has 0 N–H and O–H groups in total. The van der Waals surface area contributed by atoms with Crippen LogP contribution in [0.15, 0.2) is 54.9 Å². The minimum atomic E-state index is -0.180. The summed E-state index contributed by atoms with van der Waals surface area (Å²) in [5.41, 5.74) is 1.49. The number of nitrogens with zero attached hydrogens (tertiary/aromatic N) is 3. The molecule has 1 atom stereocenters. The number of imidazole rings is 1. The van der Waals surface area contributed by atoms with E-state index in [1.54, 1.807) is 24.4 Å². The second-order valence-electron chi connectivity index (χ2n) is 5.84. The molecule has 0 saturated heterocycles. The lowest BCUT2D eigenvalue weighted by atomic mass is 10.2. The number of aryl methyl sites for hydroxylation is 1. The lowest BCUT2D eigenvalue weighted by Crippen LogP contribution is -2.21. The van der Waals surface area contributed by atoms with Crippen LogP contribution in [0.2, 0.25) is 5.02 Å². The van der Waals surface area contributed by atoms with Gasteiger partial charge >= 0.3 is 0 Å². The third-order valence-electron chi connectivity index (χ3n) is 3.79. The molecule has 0 radical (unpaired) electrons. The molecule has 0 bridgehead atoms. The van der Waals surface area contributed by atoms with E-state index in [0.717, 1.165) is 17.3 Å². The van der Waals surface area contributed by atoms with Gasteiger partial charge < -0.3 is 14.0 Å². The first-order valence-electron chi connectivity index (χ1n) is 8.16. The number of nitriles is 1. The number of rotatable bonds is 6. The predicted octanol–water partition coefficient (Wildman–Crippen LogP) is 4.55. The summed E-state index contributed by atoms with van der Waals surface area (Å²) in [6.45, 7) is 4.21. The van der Waals surface area contributed by atoms with Gasteiger partial charge in [0.1, 0.15) is 30.0 Å². The minimum Gasteiger partial charge on any atom is -0.488 e. The maximum atomic E-state index is 8.87. The Kier molecular flexibility index (Phi) is 5.45. The van der Waals surface area contributed by atoms with Crippen molar-refractivity contribution in [3.8, 4) is 23.3 Å².